The van der Waals surface area contributed by atoms with Crippen LogP contribution in [0.2, 0.25) is 0 Å². The summed E-state index contributed by atoms with van der Waals surface area (Å²) < 4.78 is 5.25. The number of nitrogens with zero attached hydrogens (tertiary/aromatic N) is 4. The zero-order valence-electron chi connectivity index (χ0n) is 9.33. The van der Waals surface area contributed by atoms with Gasteiger partial charge in [0.25, 0.3) is 0 Å². The van der Waals surface area contributed by atoms with Gasteiger partial charge in [0.05, 0.1) is 6.04 Å². The fourth-order valence-electron chi connectivity index (χ4n) is 1.94. The van der Waals surface area contributed by atoms with Gasteiger partial charge in [0.1, 0.15) is 0 Å². The molecule has 3 heterocycles. The van der Waals surface area contributed by atoms with Gasteiger partial charge in [-0.2, -0.15) is 4.98 Å². The van der Waals surface area contributed by atoms with Crippen LogP contribution in [-0.2, 0) is 0 Å². The third-order valence-electron chi connectivity index (χ3n) is 2.82. The molecule has 0 spiro atoms. The number of piperidine rings is 1. The van der Waals surface area contributed by atoms with Crippen molar-refractivity contribution in [1.29, 1.82) is 0 Å². The highest BCUT2D eigenvalue weighted by Gasteiger charge is 2.21. The normalized spacial score (nSPS) is 20.4. The van der Waals surface area contributed by atoms with E-state index in [1.165, 1.54) is 12.8 Å². The SMILES string of the molecule is c1cnc(-c2noc([C@@H]3CCCCN3)n2)nc1. The van der Waals surface area contributed by atoms with Crippen LogP contribution in [0.5, 0.6) is 0 Å². The molecule has 17 heavy (non-hydrogen) atoms. The maximum Gasteiger partial charge on any atom is 0.244 e. The quantitative estimate of drug-likeness (QED) is 0.840. The summed E-state index contributed by atoms with van der Waals surface area (Å²) in [6, 6.07) is 1.93. The minimum Gasteiger partial charge on any atom is -0.337 e. The third-order valence-corrected chi connectivity index (χ3v) is 2.82. The number of rotatable bonds is 2. The molecule has 1 saturated heterocycles. The summed E-state index contributed by atoms with van der Waals surface area (Å²) >= 11 is 0. The number of aromatic nitrogens is 4. The summed E-state index contributed by atoms with van der Waals surface area (Å²) in [7, 11) is 0. The van der Waals surface area contributed by atoms with Crippen LogP contribution in [0.1, 0.15) is 31.2 Å². The average Bonchev–Trinajstić information content (AvgIpc) is 2.90. The highest BCUT2D eigenvalue weighted by Crippen LogP contribution is 2.22. The van der Waals surface area contributed by atoms with Crippen molar-refractivity contribution in [2.75, 3.05) is 6.54 Å². The molecule has 0 unspecified atom stereocenters. The van der Waals surface area contributed by atoms with Crippen molar-refractivity contribution in [2.45, 2.75) is 25.3 Å². The summed E-state index contributed by atoms with van der Waals surface area (Å²) in [5.41, 5.74) is 0. The molecule has 0 aliphatic carbocycles. The molecule has 0 aromatic carbocycles. The Balaban J connectivity index is 1.83. The molecular formula is C11H13N5O. The molecule has 6 heteroatoms. The summed E-state index contributed by atoms with van der Waals surface area (Å²) in [6.07, 6.45) is 6.77. The fourth-order valence-corrected chi connectivity index (χ4v) is 1.94. The Morgan fingerprint density at radius 1 is 1.18 bits per heavy atom. The van der Waals surface area contributed by atoms with Crippen LogP contribution in [0.4, 0.5) is 0 Å². The van der Waals surface area contributed by atoms with Gasteiger partial charge in [0.2, 0.25) is 17.5 Å². The largest absolute Gasteiger partial charge is 0.337 e. The van der Waals surface area contributed by atoms with E-state index < -0.39 is 0 Å². The van der Waals surface area contributed by atoms with Crippen molar-refractivity contribution in [3.8, 4) is 11.6 Å². The lowest BCUT2D eigenvalue weighted by Gasteiger charge is -2.19. The zero-order valence-corrected chi connectivity index (χ0v) is 9.33. The maximum atomic E-state index is 5.25. The molecule has 0 amide bonds. The van der Waals surface area contributed by atoms with E-state index >= 15 is 0 Å². The second-order valence-electron chi connectivity index (χ2n) is 4.03. The summed E-state index contributed by atoms with van der Waals surface area (Å²) in [5.74, 6) is 1.58. The summed E-state index contributed by atoms with van der Waals surface area (Å²) in [5, 5.41) is 7.27. The van der Waals surface area contributed by atoms with E-state index in [2.05, 4.69) is 25.4 Å². The highest BCUT2D eigenvalue weighted by atomic mass is 16.5. The Kier molecular flexibility index (Phi) is 2.79. The van der Waals surface area contributed by atoms with Crippen molar-refractivity contribution in [2.24, 2.45) is 0 Å². The second kappa shape index (κ2) is 4.58. The molecule has 3 rings (SSSR count). The molecule has 0 saturated carbocycles. The Morgan fingerprint density at radius 3 is 2.82 bits per heavy atom. The van der Waals surface area contributed by atoms with Gasteiger partial charge in [-0.15, -0.1) is 0 Å². The molecule has 0 radical (unpaired) electrons. The van der Waals surface area contributed by atoms with Crippen molar-refractivity contribution in [3.63, 3.8) is 0 Å². The van der Waals surface area contributed by atoms with E-state index in [-0.39, 0.29) is 6.04 Å². The second-order valence-corrected chi connectivity index (χ2v) is 4.03. The first-order valence-corrected chi connectivity index (χ1v) is 5.78. The van der Waals surface area contributed by atoms with Crippen molar-refractivity contribution in [1.82, 2.24) is 25.4 Å². The Hall–Kier alpha value is -1.82. The first kappa shape index (κ1) is 10.3. The smallest absolute Gasteiger partial charge is 0.244 e. The van der Waals surface area contributed by atoms with Crippen LogP contribution in [0.3, 0.4) is 0 Å². The third kappa shape index (κ3) is 2.16. The lowest BCUT2D eigenvalue weighted by molar-refractivity contribution is 0.297. The molecule has 2 aromatic rings. The molecule has 0 bridgehead atoms. The maximum absolute atomic E-state index is 5.25. The molecule has 1 atom stereocenters. The molecule has 88 valence electrons. The van der Waals surface area contributed by atoms with Gasteiger partial charge < -0.3 is 9.84 Å². The standard InChI is InChI=1S/C11H13N5O/c1-2-5-12-8(4-1)11-15-10(16-17-11)9-13-6-3-7-14-9/h3,6-8,12H,1-2,4-5H2/t8-/m0/s1. The van der Waals surface area contributed by atoms with Crippen LogP contribution in [0, 0.1) is 0 Å². The Morgan fingerprint density at radius 2 is 2.06 bits per heavy atom. The van der Waals surface area contributed by atoms with Gasteiger partial charge in [-0.05, 0) is 25.5 Å². The van der Waals surface area contributed by atoms with Gasteiger partial charge >= 0.3 is 0 Å². The van der Waals surface area contributed by atoms with E-state index in [1.54, 1.807) is 18.5 Å². The van der Waals surface area contributed by atoms with Crippen LogP contribution in [-0.4, -0.2) is 26.7 Å². The van der Waals surface area contributed by atoms with E-state index in [0.717, 1.165) is 13.0 Å². The minimum absolute atomic E-state index is 0.175. The predicted octanol–water partition coefficient (Wildman–Crippen LogP) is 1.34. The van der Waals surface area contributed by atoms with E-state index in [1.807, 2.05) is 0 Å². The van der Waals surface area contributed by atoms with Gasteiger partial charge in [-0.3, -0.25) is 0 Å². The van der Waals surface area contributed by atoms with Crippen LogP contribution in [0.15, 0.2) is 23.0 Å². The van der Waals surface area contributed by atoms with Crippen LogP contribution >= 0.6 is 0 Å². The zero-order chi connectivity index (χ0) is 11.5. The Bertz CT molecular complexity index is 478. The van der Waals surface area contributed by atoms with E-state index in [9.17, 15) is 0 Å². The lowest BCUT2D eigenvalue weighted by Crippen LogP contribution is -2.26. The molecule has 1 aliphatic heterocycles. The summed E-state index contributed by atoms with van der Waals surface area (Å²) in [4.78, 5) is 12.5. The highest BCUT2D eigenvalue weighted by molar-refractivity contribution is 5.40. The molecule has 1 N–H and O–H groups in total. The molecule has 1 aliphatic rings. The predicted molar refractivity (Wildman–Crippen MR) is 59.9 cm³/mol. The summed E-state index contributed by atoms with van der Waals surface area (Å²) in [6.45, 7) is 1.00. The lowest BCUT2D eigenvalue weighted by atomic mass is 10.1. The molecule has 2 aromatic heterocycles. The van der Waals surface area contributed by atoms with E-state index in [0.29, 0.717) is 17.5 Å². The number of nitrogens with one attached hydrogen (secondary N) is 1. The van der Waals surface area contributed by atoms with Crippen molar-refractivity contribution >= 4 is 0 Å². The van der Waals surface area contributed by atoms with Crippen LogP contribution in [0.25, 0.3) is 11.6 Å². The van der Waals surface area contributed by atoms with Gasteiger partial charge in [0, 0.05) is 12.4 Å². The minimum atomic E-state index is 0.175. The van der Waals surface area contributed by atoms with E-state index in [4.69, 9.17) is 4.52 Å². The fraction of sp³-hybridized carbons (Fsp3) is 0.455. The number of hydrogen-bond acceptors (Lipinski definition) is 6. The molecule has 1 fully saturated rings. The van der Waals surface area contributed by atoms with Gasteiger partial charge in [0.15, 0.2) is 0 Å². The first-order chi connectivity index (χ1) is 8.43. The van der Waals surface area contributed by atoms with Crippen LogP contribution < -0.4 is 5.32 Å². The molecule has 6 nitrogen and oxygen atoms in total. The van der Waals surface area contributed by atoms with Gasteiger partial charge in [-0.1, -0.05) is 11.6 Å². The Labute approximate surface area is 98.5 Å². The van der Waals surface area contributed by atoms with Crippen molar-refractivity contribution < 1.29 is 4.52 Å². The molecular weight excluding hydrogens is 218 g/mol. The van der Waals surface area contributed by atoms with Crippen molar-refractivity contribution in [3.05, 3.63) is 24.4 Å². The monoisotopic (exact) mass is 231 g/mol. The van der Waals surface area contributed by atoms with Gasteiger partial charge in [-0.25, -0.2) is 9.97 Å². The topological polar surface area (TPSA) is 76.7 Å². The average molecular weight is 231 g/mol. The first-order valence-electron chi connectivity index (χ1n) is 5.78. The number of hydrogen-bond donors (Lipinski definition) is 1.